The van der Waals surface area contributed by atoms with E-state index in [1.807, 2.05) is 6.07 Å². The summed E-state index contributed by atoms with van der Waals surface area (Å²) in [7, 11) is 0. The second-order valence-electron chi connectivity index (χ2n) is 3.89. The number of aliphatic carboxylic acids is 2. The number of H-pyrrole nitrogens is 1. The average molecular weight is 257 g/mol. The van der Waals surface area contributed by atoms with E-state index in [1.165, 1.54) is 12.2 Å². The Hall–Kier alpha value is -2.82. The van der Waals surface area contributed by atoms with Crippen LogP contribution in [0.15, 0.2) is 36.5 Å². The number of nitrogens with one attached hydrogen (secondary N) is 1. The first kappa shape index (κ1) is 12.6. The van der Waals surface area contributed by atoms with Crippen molar-refractivity contribution < 1.29 is 19.8 Å². The van der Waals surface area contributed by atoms with Crippen molar-refractivity contribution in [3.05, 3.63) is 47.7 Å². The maximum absolute atomic E-state index is 10.5. The molecule has 0 bridgehead atoms. The van der Waals surface area contributed by atoms with Crippen molar-refractivity contribution in [2.45, 2.75) is 0 Å². The van der Waals surface area contributed by atoms with Crippen molar-refractivity contribution in [2.24, 2.45) is 0 Å². The minimum atomic E-state index is -1.00. The summed E-state index contributed by atoms with van der Waals surface area (Å²) in [6.45, 7) is 0. The van der Waals surface area contributed by atoms with Gasteiger partial charge in [-0.05, 0) is 23.8 Å². The number of carboxylic acids is 2. The van der Waals surface area contributed by atoms with Crippen LogP contribution in [0.2, 0.25) is 0 Å². The molecule has 0 unspecified atom stereocenters. The van der Waals surface area contributed by atoms with Gasteiger partial charge in [-0.25, -0.2) is 9.59 Å². The molecular weight excluding hydrogens is 246 g/mol. The fraction of sp³-hybridized carbons (Fsp3) is 0. The summed E-state index contributed by atoms with van der Waals surface area (Å²) in [5.74, 6) is -2.01. The molecule has 2 aromatic rings. The summed E-state index contributed by atoms with van der Waals surface area (Å²) in [6.07, 6.45) is 6.84. The van der Waals surface area contributed by atoms with E-state index in [0.717, 1.165) is 34.2 Å². The number of carboxylic acid groups (broad SMARTS) is 2. The van der Waals surface area contributed by atoms with Gasteiger partial charge < -0.3 is 15.2 Å². The molecule has 0 fully saturated rings. The molecule has 0 aliphatic heterocycles. The molecule has 19 heavy (non-hydrogen) atoms. The van der Waals surface area contributed by atoms with Gasteiger partial charge in [0.15, 0.2) is 0 Å². The van der Waals surface area contributed by atoms with Gasteiger partial charge in [-0.2, -0.15) is 0 Å². The smallest absolute Gasteiger partial charge is 0.328 e. The highest BCUT2D eigenvalue weighted by Crippen LogP contribution is 2.21. The van der Waals surface area contributed by atoms with E-state index in [-0.39, 0.29) is 0 Å². The molecule has 0 saturated carbocycles. The largest absolute Gasteiger partial charge is 0.478 e. The van der Waals surface area contributed by atoms with E-state index in [4.69, 9.17) is 10.2 Å². The summed E-state index contributed by atoms with van der Waals surface area (Å²) < 4.78 is 0. The van der Waals surface area contributed by atoms with E-state index in [2.05, 4.69) is 4.98 Å². The zero-order valence-electron chi connectivity index (χ0n) is 9.83. The number of hydrogen-bond donors (Lipinski definition) is 3. The standard InChI is InChI=1S/C14H11NO4/c16-13(17)5-2-9-1-4-11-10(3-6-14(18)19)8-15-12(11)7-9/h1-8,15H,(H,16,17)(H,18,19)/b5-2+,6-3+. The first-order chi connectivity index (χ1) is 9.06. The highest BCUT2D eigenvalue weighted by molar-refractivity contribution is 5.94. The highest BCUT2D eigenvalue weighted by Gasteiger charge is 2.02. The van der Waals surface area contributed by atoms with Crippen molar-refractivity contribution in [2.75, 3.05) is 0 Å². The minimum absolute atomic E-state index is 0.755. The Morgan fingerprint density at radius 1 is 1.05 bits per heavy atom. The van der Waals surface area contributed by atoms with Crippen molar-refractivity contribution in [1.82, 2.24) is 4.98 Å². The second-order valence-corrected chi connectivity index (χ2v) is 3.89. The molecule has 1 aromatic heterocycles. The topological polar surface area (TPSA) is 90.4 Å². The molecule has 0 amide bonds. The lowest BCUT2D eigenvalue weighted by Gasteiger charge is -1.95. The Labute approximate surface area is 108 Å². The molecule has 0 atom stereocenters. The Balaban J connectivity index is 2.36. The zero-order valence-corrected chi connectivity index (χ0v) is 9.83. The first-order valence-electron chi connectivity index (χ1n) is 5.49. The van der Waals surface area contributed by atoms with Crippen LogP contribution in [0.25, 0.3) is 23.1 Å². The van der Waals surface area contributed by atoms with Crippen LogP contribution < -0.4 is 0 Å². The number of fused-ring (bicyclic) bond motifs is 1. The Morgan fingerprint density at radius 2 is 1.74 bits per heavy atom. The summed E-state index contributed by atoms with van der Waals surface area (Å²) in [6, 6.07) is 5.38. The minimum Gasteiger partial charge on any atom is -0.478 e. The molecule has 2 rings (SSSR count). The van der Waals surface area contributed by atoms with Crippen molar-refractivity contribution in [3.63, 3.8) is 0 Å². The molecule has 0 radical (unpaired) electrons. The van der Waals surface area contributed by atoms with Gasteiger partial charge in [0.2, 0.25) is 0 Å². The Bertz CT molecular complexity index is 695. The van der Waals surface area contributed by atoms with E-state index in [1.54, 1.807) is 18.3 Å². The van der Waals surface area contributed by atoms with E-state index < -0.39 is 11.9 Å². The molecule has 1 aromatic carbocycles. The number of benzene rings is 1. The van der Waals surface area contributed by atoms with Gasteiger partial charge in [0.25, 0.3) is 0 Å². The molecule has 5 heteroatoms. The van der Waals surface area contributed by atoms with Gasteiger partial charge in [0.05, 0.1) is 0 Å². The maximum Gasteiger partial charge on any atom is 0.328 e. The summed E-state index contributed by atoms with van der Waals surface area (Å²) in [5.41, 5.74) is 2.34. The number of hydrogen-bond acceptors (Lipinski definition) is 2. The number of aromatic nitrogens is 1. The summed E-state index contributed by atoms with van der Waals surface area (Å²) in [5, 5.41) is 18.0. The molecule has 0 spiro atoms. The Kier molecular flexibility index (Phi) is 3.47. The molecule has 0 saturated heterocycles. The van der Waals surface area contributed by atoms with Crippen LogP contribution in [-0.4, -0.2) is 27.1 Å². The third-order valence-electron chi connectivity index (χ3n) is 2.56. The molecule has 5 nitrogen and oxygen atoms in total. The second kappa shape index (κ2) is 5.22. The van der Waals surface area contributed by atoms with E-state index >= 15 is 0 Å². The van der Waals surface area contributed by atoms with Crippen LogP contribution in [0.3, 0.4) is 0 Å². The van der Waals surface area contributed by atoms with Crippen LogP contribution in [0.1, 0.15) is 11.1 Å². The van der Waals surface area contributed by atoms with Crippen molar-refractivity contribution in [1.29, 1.82) is 0 Å². The molecule has 3 N–H and O–H groups in total. The Morgan fingerprint density at radius 3 is 2.42 bits per heavy atom. The van der Waals surface area contributed by atoms with Crippen molar-refractivity contribution in [3.8, 4) is 0 Å². The van der Waals surface area contributed by atoms with E-state index in [0.29, 0.717) is 0 Å². The molecule has 96 valence electrons. The predicted molar refractivity (Wildman–Crippen MR) is 71.6 cm³/mol. The number of carbonyl (C=O) groups is 2. The summed E-state index contributed by atoms with van der Waals surface area (Å²) >= 11 is 0. The lowest BCUT2D eigenvalue weighted by atomic mass is 10.1. The van der Waals surface area contributed by atoms with E-state index in [9.17, 15) is 9.59 Å². The number of aromatic amines is 1. The SMILES string of the molecule is O=C(O)/C=C/c1ccc2c(/C=C/C(=O)O)c[nH]c2c1. The first-order valence-corrected chi connectivity index (χ1v) is 5.49. The van der Waals surface area contributed by atoms with Gasteiger partial charge in [-0.3, -0.25) is 0 Å². The van der Waals surface area contributed by atoms with Gasteiger partial charge in [-0.15, -0.1) is 0 Å². The van der Waals surface area contributed by atoms with Crippen LogP contribution in [0, 0.1) is 0 Å². The monoisotopic (exact) mass is 257 g/mol. The quantitative estimate of drug-likeness (QED) is 0.733. The van der Waals surface area contributed by atoms with Gasteiger partial charge in [0.1, 0.15) is 0 Å². The lowest BCUT2D eigenvalue weighted by molar-refractivity contribution is -0.132. The van der Waals surface area contributed by atoms with Crippen LogP contribution in [-0.2, 0) is 9.59 Å². The molecule has 0 aliphatic carbocycles. The van der Waals surface area contributed by atoms with Crippen molar-refractivity contribution >= 4 is 35.0 Å². The third-order valence-corrected chi connectivity index (χ3v) is 2.56. The van der Waals surface area contributed by atoms with Gasteiger partial charge >= 0.3 is 11.9 Å². The predicted octanol–water partition coefficient (Wildman–Crippen LogP) is 2.36. The van der Waals surface area contributed by atoms with Gasteiger partial charge in [0, 0.05) is 34.8 Å². The molecule has 1 heterocycles. The average Bonchev–Trinajstić information content (AvgIpc) is 2.76. The van der Waals surface area contributed by atoms with Crippen LogP contribution >= 0.6 is 0 Å². The normalized spacial score (nSPS) is 11.6. The maximum atomic E-state index is 10.5. The number of rotatable bonds is 4. The molecule has 0 aliphatic rings. The van der Waals surface area contributed by atoms with Crippen LogP contribution in [0.5, 0.6) is 0 Å². The van der Waals surface area contributed by atoms with Crippen LogP contribution in [0.4, 0.5) is 0 Å². The summed E-state index contributed by atoms with van der Waals surface area (Å²) in [4.78, 5) is 23.9. The fourth-order valence-electron chi connectivity index (χ4n) is 1.74. The fourth-order valence-corrected chi connectivity index (χ4v) is 1.74. The third kappa shape index (κ3) is 3.10. The molecular formula is C14H11NO4. The lowest BCUT2D eigenvalue weighted by Crippen LogP contribution is -1.86. The van der Waals surface area contributed by atoms with Gasteiger partial charge in [-0.1, -0.05) is 12.1 Å². The zero-order chi connectivity index (χ0) is 13.8. The highest BCUT2D eigenvalue weighted by atomic mass is 16.4.